The van der Waals surface area contributed by atoms with Gasteiger partial charge in [-0.05, 0) is 102 Å². The van der Waals surface area contributed by atoms with Crippen molar-refractivity contribution < 1.29 is 4.79 Å². The molecule has 0 saturated heterocycles. The molecule has 0 aliphatic carbocycles. The number of hydrogen-bond donors (Lipinski definition) is 2. The minimum atomic E-state index is -0.234. The Morgan fingerprint density at radius 2 is 1.83 bits per heavy atom. The molecule has 0 bridgehead atoms. The van der Waals surface area contributed by atoms with Gasteiger partial charge in [-0.3, -0.25) is 10.1 Å². The number of benzene rings is 3. The molecule has 144 valence electrons. The van der Waals surface area contributed by atoms with E-state index in [-0.39, 0.29) is 11.0 Å². The van der Waals surface area contributed by atoms with Gasteiger partial charge >= 0.3 is 0 Å². The predicted molar refractivity (Wildman–Crippen MR) is 133 cm³/mol. The van der Waals surface area contributed by atoms with Crippen LogP contribution in [0.1, 0.15) is 15.9 Å². The van der Waals surface area contributed by atoms with Crippen LogP contribution in [-0.4, -0.2) is 16.0 Å². The fourth-order valence-corrected chi connectivity index (χ4v) is 4.39. The van der Waals surface area contributed by atoms with E-state index in [0.717, 1.165) is 30.9 Å². The summed E-state index contributed by atoms with van der Waals surface area (Å²) >= 11 is 9.18. The maximum atomic E-state index is 12.3. The molecule has 1 aromatic heterocycles. The third-order valence-electron chi connectivity index (χ3n) is 4.35. The number of halogens is 1. The highest BCUT2D eigenvalue weighted by molar-refractivity contribution is 14.1. The molecule has 4 aromatic rings. The number of nitrogens with one attached hydrogen (secondary N) is 2. The SMILES string of the molecule is Cc1cc(-c2nc3ccccc3s2)ccc1NC(=S)NC(=O)c1ccc(I)cc1. The van der Waals surface area contributed by atoms with Gasteiger partial charge in [-0.25, -0.2) is 4.98 Å². The number of fused-ring (bicyclic) bond motifs is 1. The Balaban J connectivity index is 1.47. The number of amides is 1. The van der Waals surface area contributed by atoms with Crippen LogP contribution in [0.3, 0.4) is 0 Å². The lowest BCUT2D eigenvalue weighted by Crippen LogP contribution is -2.34. The Hall–Kier alpha value is -2.36. The largest absolute Gasteiger partial charge is 0.332 e. The molecule has 0 radical (unpaired) electrons. The van der Waals surface area contributed by atoms with Gasteiger partial charge in [-0.15, -0.1) is 11.3 Å². The highest BCUT2D eigenvalue weighted by Crippen LogP contribution is 2.31. The Kier molecular flexibility index (Phi) is 5.89. The van der Waals surface area contributed by atoms with E-state index < -0.39 is 0 Å². The zero-order chi connectivity index (χ0) is 20.4. The molecule has 3 aromatic carbocycles. The van der Waals surface area contributed by atoms with Gasteiger partial charge in [-0.1, -0.05) is 12.1 Å². The highest BCUT2D eigenvalue weighted by atomic mass is 127. The van der Waals surface area contributed by atoms with Gasteiger partial charge in [0.2, 0.25) is 0 Å². The van der Waals surface area contributed by atoms with Crippen LogP contribution < -0.4 is 10.6 Å². The van der Waals surface area contributed by atoms with Crippen LogP contribution in [0.4, 0.5) is 5.69 Å². The highest BCUT2D eigenvalue weighted by Gasteiger charge is 2.11. The number of anilines is 1. The van der Waals surface area contributed by atoms with Crippen LogP contribution in [0.25, 0.3) is 20.8 Å². The number of para-hydroxylation sites is 1. The molecule has 4 rings (SSSR count). The Morgan fingerprint density at radius 3 is 2.55 bits per heavy atom. The van der Waals surface area contributed by atoms with Crippen molar-refractivity contribution in [1.82, 2.24) is 10.3 Å². The van der Waals surface area contributed by atoms with Crippen molar-refractivity contribution >= 4 is 73.1 Å². The number of hydrogen-bond acceptors (Lipinski definition) is 4. The van der Waals surface area contributed by atoms with E-state index in [1.54, 1.807) is 23.5 Å². The Morgan fingerprint density at radius 1 is 1.07 bits per heavy atom. The molecular formula is C22H16IN3OS2. The molecule has 0 fully saturated rings. The molecule has 1 amide bonds. The van der Waals surface area contributed by atoms with Crippen molar-refractivity contribution in [3.63, 3.8) is 0 Å². The summed E-state index contributed by atoms with van der Waals surface area (Å²) in [7, 11) is 0. The first-order chi connectivity index (χ1) is 14.0. The maximum Gasteiger partial charge on any atom is 0.257 e. The van der Waals surface area contributed by atoms with Crippen LogP contribution in [0.2, 0.25) is 0 Å². The van der Waals surface area contributed by atoms with Gasteiger partial charge in [0.15, 0.2) is 5.11 Å². The number of nitrogens with zero attached hydrogens (tertiary/aromatic N) is 1. The Bertz CT molecular complexity index is 1190. The lowest BCUT2D eigenvalue weighted by molar-refractivity contribution is 0.0977. The number of carbonyl (C=O) groups is 1. The van der Waals surface area contributed by atoms with E-state index in [0.29, 0.717) is 5.56 Å². The number of carbonyl (C=O) groups excluding carboxylic acids is 1. The zero-order valence-electron chi connectivity index (χ0n) is 15.4. The third-order valence-corrected chi connectivity index (χ3v) is 6.36. The summed E-state index contributed by atoms with van der Waals surface area (Å²) in [5, 5.41) is 7.08. The fraction of sp³-hybridized carbons (Fsp3) is 0.0455. The van der Waals surface area contributed by atoms with E-state index in [4.69, 9.17) is 17.2 Å². The summed E-state index contributed by atoms with van der Waals surface area (Å²) in [6, 6.07) is 21.5. The van der Waals surface area contributed by atoms with Gasteiger partial charge in [0.05, 0.1) is 10.2 Å². The second kappa shape index (κ2) is 8.56. The van der Waals surface area contributed by atoms with Crippen molar-refractivity contribution in [2.75, 3.05) is 5.32 Å². The third kappa shape index (κ3) is 4.63. The average molecular weight is 529 g/mol. The number of aromatic nitrogens is 1. The molecular weight excluding hydrogens is 513 g/mol. The van der Waals surface area contributed by atoms with Gasteiger partial charge < -0.3 is 5.32 Å². The first-order valence-corrected chi connectivity index (χ1v) is 11.1. The molecule has 2 N–H and O–H groups in total. The number of thiocarbonyl (C=S) groups is 1. The van der Waals surface area contributed by atoms with E-state index in [9.17, 15) is 4.79 Å². The maximum absolute atomic E-state index is 12.3. The topological polar surface area (TPSA) is 54.0 Å². The van der Waals surface area contributed by atoms with Crippen molar-refractivity contribution in [2.24, 2.45) is 0 Å². The monoisotopic (exact) mass is 529 g/mol. The van der Waals surface area contributed by atoms with Gasteiger partial charge in [-0.2, -0.15) is 0 Å². The van der Waals surface area contributed by atoms with Crippen LogP contribution in [0, 0.1) is 10.5 Å². The summed E-state index contributed by atoms with van der Waals surface area (Å²) in [5.74, 6) is -0.234. The quantitative estimate of drug-likeness (QED) is 0.253. The van der Waals surface area contributed by atoms with Gasteiger partial charge in [0, 0.05) is 20.4 Å². The van der Waals surface area contributed by atoms with Crippen LogP contribution in [0.5, 0.6) is 0 Å². The Labute approximate surface area is 191 Å². The summed E-state index contributed by atoms with van der Waals surface area (Å²) < 4.78 is 2.24. The lowest BCUT2D eigenvalue weighted by Gasteiger charge is -2.12. The molecule has 0 aliphatic rings. The van der Waals surface area contributed by atoms with Crippen molar-refractivity contribution in [2.45, 2.75) is 6.92 Å². The zero-order valence-corrected chi connectivity index (χ0v) is 19.2. The predicted octanol–water partition coefficient (Wildman–Crippen LogP) is 6.00. The molecule has 4 nitrogen and oxygen atoms in total. The summed E-state index contributed by atoms with van der Waals surface area (Å²) in [6.07, 6.45) is 0. The standard InChI is InChI=1S/C22H16IN3OS2/c1-13-12-15(21-24-18-4-2-3-5-19(18)29-21)8-11-17(13)25-22(28)26-20(27)14-6-9-16(23)10-7-14/h2-12H,1H3,(H2,25,26,27,28). The number of rotatable bonds is 3. The minimum absolute atomic E-state index is 0.234. The first-order valence-electron chi connectivity index (χ1n) is 8.84. The van der Waals surface area contributed by atoms with Crippen LogP contribution >= 0.6 is 46.1 Å². The summed E-state index contributed by atoms with van der Waals surface area (Å²) in [4.78, 5) is 17.0. The molecule has 0 aliphatic heterocycles. The van der Waals surface area contributed by atoms with Crippen molar-refractivity contribution in [1.29, 1.82) is 0 Å². The minimum Gasteiger partial charge on any atom is -0.332 e. The number of aryl methyl sites for hydroxylation is 1. The summed E-state index contributed by atoms with van der Waals surface area (Å²) in [6.45, 7) is 2.00. The first kappa shape index (κ1) is 19.9. The second-order valence-corrected chi connectivity index (χ2v) is 9.12. The average Bonchev–Trinajstić information content (AvgIpc) is 3.14. The lowest BCUT2D eigenvalue weighted by atomic mass is 10.1. The number of thiazole rings is 1. The fourth-order valence-electron chi connectivity index (χ4n) is 2.86. The molecule has 0 spiro atoms. The van der Waals surface area contributed by atoms with Crippen LogP contribution in [0.15, 0.2) is 66.7 Å². The second-order valence-electron chi connectivity index (χ2n) is 6.43. The molecule has 7 heteroatoms. The van der Waals surface area contributed by atoms with Gasteiger partial charge in [0.25, 0.3) is 5.91 Å². The molecule has 29 heavy (non-hydrogen) atoms. The van der Waals surface area contributed by atoms with E-state index >= 15 is 0 Å². The van der Waals surface area contributed by atoms with Crippen LogP contribution in [-0.2, 0) is 0 Å². The van der Waals surface area contributed by atoms with Gasteiger partial charge in [0.1, 0.15) is 5.01 Å². The molecule has 0 saturated carbocycles. The van der Waals surface area contributed by atoms with Crippen molar-refractivity contribution in [3.05, 3.63) is 81.4 Å². The molecule has 1 heterocycles. The smallest absolute Gasteiger partial charge is 0.257 e. The van der Waals surface area contributed by atoms with E-state index in [1.807, 2.05) is 49.4 Å². The molecule has 0 atom stereocenters. The normalized spacial score (nSPS) is 10.7. The van der Waals surface area contributed by atoms with E-state index in [1.165, 1.54) is 4.70 Å². The summed E-state index contributed by atoms with van der Waals surface area (Å²) in [5.41, 5.74) is 4.50. The van der Waals surface area contributed by atoms with Crippen molar-refractivity contribution in [3.8, 4) is 10.6 Å². The molecule has 0 unspecified atom stereocenters. The van der Waals surface area contributed by atoms with E-state index in [2.05, 4.69) is 45.4 Å².